The number of nitrogens with two attached hydrogens (primary N) is 1. The summed E-state index contributed by atoms with van der Waals surface area (Å²) in [6, 6.07) is 4.81. The van der Waals surface area contributed by atoms with E-state index in [1.54, 1.807) is 12.1 Å². The van der Waals surface area contributed by atoms with E-state index in [-0.39, 0.29) is 11.0 Å². The van der Waals surface area contributed by atoms with Crippen LogP contribution in [0.15, 0.2) is 23.1 Å². The fraction of sp³-hybridized carbons (Fsp3) is 0.538. The molecule has 19 heavy (non-hydrogen) atoms. The molecule has 5 nitrogen and oxygen atoms in total. The highest BCUT2D eigenvalue weighted by Gasteiger charge is 2.28. The second kappa shape index (κ2) is 5.02. The van der Waals surface area contributed by atoms with Crippen molar-refractivity contribution in [3.63, 3.8) is 0 Å². The Morgan fingerprint density at radius 3 is 2.53 bits per heavy atom. The molecule has 1 aromatic rings. The van der Waals surface area contributed by atoms with Crippen LogP contribution in [0.1, 0.15) is 12.8 Å². The second-order valence-corrected chi connectivity index (χ2v) is 7.38. The summed E-state index contributed by atoms with van der Waals surface area (Å²) >= 11 is 0. The Balaban J connectivity index is 2.12. The zero-order valence-corrected chi connectivity index (χ0v) is 12.0. The second-order valence-electron chi connectivity index (χ2n) is 5.36. The average molecular weight is 284 g/mol. The Morgan fingerprint density at radius 1 is 1.42 bits per heavy atom. The highest BCUT2D eigenvalue weighted by Crippen LogP contribution is 2.31. The lowest BCUT2D eigenvalue weighted by Crippen LogP contribution is -2.37. The van der Waals surface area contributed by atoms with Crippen LogP contribution in [0.25, 0.3) is 0 Å². The first-order valence-electron chi connectivity index (χ1n) is 6.26. The van der Waals surface area contributed by atoms with Gasteiger partial charge in [-0.05, 0) is 37.0 Å². The van der Waals surface area contributed by atoms with E-state index >= 15 is 0 Å². The summed E-state index contributed by atoms with van der Waals surface area (Å²) in [6.07, 6.45) is 2.65. The first-order valence-corrected chi connectivity index (χ1v) is 8.15. The van der Waals surface area contributed by atoms with Gasteiger partial charge in [0.1, 0.15) is 0 Å². The van der Waals surface area contributed by atoms with Crippen molar-refractivity contribution in [1.29, 1.82) is 0 Å². The van der Waals surface area contributed by atoms with Gasteiger partial charge < -0.3 is 15.7 Å². The van der Waals surface area contributed by atoms with E-state index in [1.807, 2.05) is 11.9 Å². The molecule has 0 aromatic heterocycles. The smallest absolute Gasteiger partial charge is 0.175 e. The molecule has 0 bridgehead atoms. The molecule has 3 N–H and O–H groups in total. The number of aliphatic hydroxyl groups excluding tert-OH is 1. The summed E-state index contributed by atoms with van der Waals surface area (Å²) in [7, 11) is -1.30. The predicted molar refractivity (Wildman–Crippen MR) is 76.0 cm³/mol. The molecular formula is C13H20N2O3S. The van der Waals surface area contributed by atoms with Gasteiger partial charge in [0.05, 0.1) is 22.4 Å². The van der Waals surface area contributed by atoms with Crippen LogP contribution < -0.4 is 10.6 Å². The highest BCUT2D eigenvalue weighted by molar-refractivity contribution is 7.90. The van der Waals surface area contributed by atoms with Crippen LogP contribution in [-0.4, -0.2) is 39.5 Å². The van der Waals surface area contributed by atoms with Crippen LogP contribution in [0.4, 0.5) is 11.4 Å². The lowest BCUT2D eigenvalue weighted by molar-refractivity contribution is 0.0465. The first-order chi connectivity index (χ1) is 8.77. The molecule has 1 aromatic carbocycles. The van der Waals surface area contributed by atoms with Crippen LogP contribution >= 0.6 is 0 Å². The molecular weight excluding hydrogens is 264 g/mol. The van der Waals surface area contributed by atoms with Gasteiger partial charge in [0, 0.05) is 19.8 Å². The van der Waals surface area contributed by atoms with Crippen molar-refractivity contribution in [1.82, 2.24) is 0 Å². The summed E-state index contributed by atoms with van der Waals surface area (Å²) < 4.78 is 22.9. The third-order valence-electron chi connectivity index (χ3n) is 3.58. The van der Waals surface area contributed by atoms with Crippen molar-refractivity contribution in [2.75, 3.05) is 30.5 Å². The van der Waals surface area contributed by atoms with Gasteiger partial charge in [-0.25, -0.2) is 8.42 Å². The van der Waals surface area contributed by atoms with Gasteiger partial charge in [-0.15, -0.1) is 0 Å². The number of hydrogen-bond acceptors (Lipinski definition) is 5. The number of sulfone groups is 1. The molecule has 106 valence electrons. The maximum absolute atomic E-state index is 11.4. The summed E-state index contributed by atoms with van der Waals surface area (Å²) in [5.74, 6) is 0.481. The minimum atomic E-state index is -3.22. The summed E-state index contributed by atoms with van der Waals surface area (Å²) in [6.45, 7) is 0.819. The summed E-state index contributed by atoms with van der Waals surface area (Å²) in [4.78, 5) is 2.25. The van der Waals surface area contributed by atoms with Gasteiger partial charge in [0.25, 0.3) is 0 Å². The number of hydrogen-bond donors (Lipinski definition) is 2. The number of anilines is 2. The molecule has 0 aliphatic heterocycles. The van der Waals surface area contributed by atoms with Crippen molar-refractivity contribution in [2.45, 2.75) is 23.8 Å². The molecule has 0 radical (unpaired) electrons. The molecule has 0 amide bonds. The van der Waals surface area contributed by atoms with Crippen molar-refractivity contribution < 1.29 is 13.5 Å². The molecule has 1 aliphatic rings. The normalized spacial score (nSPS) is 22.9. The monoisotopic (exact) mass is 284 g/mol. The Morgan fingerprint density at radius 2 is 2.05 bits per heavy atom. The van der Waals surface area contributed by atoms with E-state index in [9.17, 15) is 13.5 Å². The predicted octanol–water partition coefficient (Wildman–Crippen LogP) is 0.879. The standard InChI is InChI=1S/C13H20N2O3S/c1-15(8-9-5-10(16)6-9)13-4-3-11(7-12(13)14)19(2,17)18/h3-4,7,9-10,16H,5-6,8,14H2,1-2H3. The van der Waals surface area contributed by atoms with Gasteiger partial charge >= 0.3 is 0 Å². The van der Waals surface area contributed by atoms with E-state index in [2.05, 4.69) is 0 Å². The Hall–Kier alpha value is -1.27. The summed E-state index contributed by atoms with van der Waals surface area (Å²) in [5, 5.41) is 9.27. The number of benzene rings is 1. The SMILES string of the molecule is CN(CC1CC(O)C1)c1ccc(S(C)(=O)=O)cc1N. The molecule has 1 aliphatic carbocycles. The maximum atomic E-state index is 11.4. The Labute approximate surface area is 113 Å². The summed E-state index contributed by atoms with van der Waals surface area (Å²) in [5.41, 5.74) is 7.22. The van der Waals surface area contributed by atoms with Crippen LogP contribution in [-0.2, 0) is 9.84 Å². The van der Waals surface area contributed by atoms with E-state index in [4.69, 9.17) is 5.73 Å². The quantitative estimate of drug-likeness (QED) is 0.802. The maximum Gasteiger partial charge on any atom is 0.175 e. The Kier molecular flexibility index (Phi) is 3.73. The van der Waals surface area contributed by atoms with Gasteiger partial charge in [-0.3, -0.25) is 0 Å². The fourth-order valence-electron chi connectivity index (χ4n) is 2.45. The first kappa shape index (κ1) is 14.1. The van der Waals surface area contributed by atoms with E-state index in [0.29, 0.717) is 11.6 Å². The number of rotatable bonds is 4. The fourth-order valence-corrected chi connectivity index (χ4v) is 3.10. The number of nitrogens with zero attached hydrogens (tertiary/aromatic N) is 1. The zero-order chi connectivity index (χ0) is 14.2. The third kappa shape index (κ3) is 3.19. The molecule has 1 fully saturated rings. The lowest BCUT2D eigenvalue weighted by atomic mass is 9.82. The van der Waals surface area contributed by atoms with Crippen LogP contribution in [0.5, 0.6) is 0 Å². The van der Waals surface area contributed by atoms with Crippen molar-refractivity contribution in [3.05, 3.63) is 18.2 Å². The molecule has 0 atom stereocenters. The largest absolute Gasteiger partial charge is 0.397 e. The van der Waals surface area contributed by atoms with Crippen molar-refractivity contribution in [3.8, 4) is 0 Å². The van der Waals surface area contributed by atoms with Crippen molar-refractivity contribution >= 4 is 21.2 Å². The van der Waals surface area contributed by atoms with Crippen molar-refractivity contribution in [2.24, 2.45) is 5.92 Å². The Bertz CT molecular complexity index is 565. The molecule has 6 heteroatoms. The van der Waals surface area contributed by atoms with E-state index < -0.39 is 9.84 Å². The lowest BCUT2D eigenvalue weighted by Gasteiger charge is -2.35. The average Bonchev–Trinajstić information content (AvgIpc) is 2.25. The van der Waals surface area contributed by atoms with Gasteiger partial charge in [0.2, 0.25) is 0 Å². The number of nitrogen functional groups attached to an aromatic ring is 1. The highest BCUT2D eigenvalue weighted by atomic mass is 32.2. The molecule has 2 rings (SSSR count). The number of aliphatic hydroxyl groups is 1. The minimum Gasteiger partial charge on any atom is -0.397 e. The topological polar surface area (TPSA) is 83.6 Å². The van der Waals surface area contributed by atoms with Crippen LogP contribution in [0, 0.1) is 5.92 Å². The molecule has 0 unspecified atom stereocenters. The molecule has 0 heterocycles. The minimum absolute atomic E-state index is 0.164. The molecule has 0 saturated heterocycles. The van der Waals surface area contributed by atoms with Gasteiger partial charge in [0.15, 0.2) is 9.84 Å². The van der Waals surface area contributed by atoms with Gasteiger partial charge in [-0.1, -0.05) is 0 Å². The molecule has 0 spiro atoms. The van der Waals surface area contributed by atoms with Gasteiger partial charge in [-0.2, -0.15) is 0 Å². The van der Waals surface area contributed by atoms with Crippen LogP contribution in [0.3, 0.4) is 0 Å². The zero-order valence-electron chi connectivity index (χ0n) is 11.2. The van der Waals surface area contributed by atoms with E-state index in [0.717, 1.165) is 25.1 Å². The third-order valence-corrected chi connectivity index (χ3v) is 4.69. The van der Waals surface area contributed by atoms with E-state index in [1.165, 1.54) is 12.3 Å². The van der Waals surface area contributed by atoms with Crippen LogP contribution in [0.2, 0.25) is 0 Å². The molecule has 1 saturated carbocycles.